The number of amides is 1. The van der Waals surface area contributed by atoms with Crippen molar-refractivity contribution in [2.75, 3.05) is 6.54 Å². The van der Waals surface area contributed by atoms with E-state index in [1.807, 2.05) is 12.1 Å². The zero-order valence-corrected chi connectivity index (χ0v) is 12.7. The van der Waals surface area contributed by atoms with Crippen LogP contribution in [0.15, 0.2) is 33.6 Å². The van der Waals surface area contributed by atoms with E-state index in [-0.39, 0.29) is 5.91 Å². The molecular formula is C13H17BrN2OS. The number of hydrogen-bond donors (Lipinski definition) is 2. The summed E-state index contributed by atoms with van der Waals surface area (Å²) >= 11 is 5.16. The van der Waals surface area contributed by atoms with Gasteiger partial charge in [-0.05, 0) is 37.1 Å². The Morgan fingerprint density at radius 3 is 2.67 bits per heavy atom. The van der Waals surface area contributed by atoms with E-state index in [9.17, 15) is 4.79 Å². The molecule has 0 aromatic heterocycles. The summed E-state index contributed by atoms with van der Waals surface area (Å²) in [5.41, 5.74) is 5.25. The Morgan fingerprint density at radius 1 is 1.50 bits per heavy atom. The van der Waals surface area contributed by atoms with Gasteiger partial charge in [0.25, 0.3) is 0 Å². The van der Waals surface area contributed by atoms with Crippen LogP contribution >= 0.6 is 27.7 Å². The average Bonchev–Trinajstić information content (AvgIpc) is 3.09. The third-order valence-corrected chi connectivity index (χ3v) is 4.58. The van der Waals surface area contributed by atoms with Crippen molar-refractivity contribution in [3.63, 3.8) is 0 Å². The second kappa shape index (κ2) is 5.63. The predicted octanol–water partition coefficient (Wildman–Crippen LogP) is 2.54. The summed E-state index contributed by atoms with van der Waals surface area (Å²) in [6.07, 6.45) is 1.63. The van der Waals surface area contributed by atoms with E-state index >= 15 is 0 Å². The Hall–Kier alpha value is -0.520. The predicted molar refractivity (Wildman–Crippen MR) is 78.6 cm³/mol. The summed E-state index contributed by atoms with van der Waals surface area (Å²) < 4.78 is 1.08. The molecule has 0 spiro atoms. The van der Waals surface area contributed by atoms with Crippen LogP contribution in [0.2, 0.25) is 0 Å². The highest BCUT2D eigenvalue weighted by atomic mass is 79.9. The maximum Gasteiger partial charge on any atom is 0.240 e. The Kier molecular flexibility index (Phi) is 4.35. The minimum Gasteiger partial charge on any atom is -0.353 e. The van der Waals surface area contributed by atoms with Crippen LogP contribution in [0.5, 0.6) is 0 Å². The first-order valence-electron chi connectivity index (χ1n) is 5.99. The maximum absolute atomic E-state index is 11.7. The molecule has 1 atom stereocenters. The van der Waals surface area contributed by atoms with Gasteiger partial charge in [0.1, 0.15) is 0 Å². The van der Waals surface area contributed by atoms with Crippen molar-refractivity contribution < 1.29 is 4.79 Å². The number of rotatable bonds is 5. The second-order valence-electron chi connectivity index (χ2n) is 4.75. The van der Waals surface area contributed by atoms with Gasteiger partial charge in [0.2, 0.25) is 5.91 Å². The normalized spacial score (nSPS) is 18.2. The van der Waals surface area contributed by atoms with Crippen LogP contribution in [0.1, 0.15) is 19.8 Å². The van der Waals surface area contributed by atoms with Crippen LogP contribution in [0.4, 0.5) is 0 Å². The number of benzene rings is 1. The number of carbonyl (C=O) groups is 1. The molecule has 1 saturated carbocycles. The summed E-state index contributed by atoms with van der Waals surface area (Å²) in [5, 5.41) is 3.25. The van der Waals surface area contributed by atoms with Gasteiger partial charge in [-0.15, -0.1) is 11.8 Å². The standard InChI is InChI=1S/C13H17BrN2OS/c1-9(8-16-12(17)13(15)6-7-13)18-11-4-2-10(14)3-5-11/h2-5,9H,6-8,15H2,1H3,(H,16,17). The molecule has 3 N–H and O–H groups in total. The summed E-state index contributed by atoms with van der Waals surface area (Å²) in [5.74, 6) is -0.00856. The number of nitrogens with two attached hydrogens (primary N) is 1. The zero-order valence-electron chi connectivity index (χ0n) is 10.3. The molecule has 1 amide bonds. The first kappa shape index (κ1) is 13.9. The van der Waals surface area contributed by atoms with E-state index < -0.39 is 5.54 Å². The topological polar surface area (TPSA) is 55.1 Å². The molecule has 1 aromatic rings. The fraction of sp³-hybridized carbons (Fsp3) is 0.462. The van der Waals surface area contributed by atoms with Gasteiger partial charge in [0.05, 0.1) is 5.54 Å². The molecule has 1 fully saturated rings. The van der Waals surface area contributed by atoms with Gasteiger partial charge in [-0.2, -0.15) is 0 Å². The lowest BCUT2D eigenvalue weighted by molar-refractivity contribution is -0.123. The van der Waals surface area contributed by atoms with Crippen molar-refractivity contribution in [3.8, 4) is 0 Å². The molecule has 0 saturated heterocycles. The van der Waals surface area contributed by atoms with E-state index in [0.717, 1.165) is 17.3 Å². The molecule has 0 aliphatic heterocycles. The van der Waals surface area contributed by atoms with Crippen molar-refractivity contribution >= 4 is 33.6 Å². The van der Waals surface area contributed by atoms with Gasteiger partial charge < -0.3 is 11.1 Å². The van der Waals surface area contributed by atoms with Crippen LogP contribution in [-0.4, -0.2) is 23.2 Å². The molecule has 2 rings (SSSR count). The van der Waals surface area contributed by atoms with E-state index in [0.29, 0.717) is 11.8 Å². The Bertz CT molecular complexity index is 431. The molecule has 1 aliphatic rings. The lowest BCUT2D eigenvalue weighted by Crippen LogP contribution is -2.44. The Morgan fingerprint density at radius 2 is 2.11 bits per heavy atom. The summed E-state index contributed by atoms with van der Waals surface area (Å²) in [6, 6.07) is 8.18. The molecule has 1 aliphatic carbocycles. The fourth-order valence-corrected chi connectivity index (χ4v) is 2.75. The molecule has 1 aromatic carbocycles. The summed E-state index contributed by atoms with van der Waals surface area (Å²) in [6.45, 7) is 2.75. The quantitative estimate of drug-likeness (QED) is 0.816. The summed E-state index contributed by atoms with van der Waals surface area (Å²) in [7, 11) is 0. The maximum atomic E-state index is 11.7. The number of hydrogen-bond acceptors (Lipinski definition) is 3. The molecule has 3 nitrogen and oxygen atoms in total. The van der Waals surface area contributed by atoms with Crippen LogP contribution in [0.25, 0.3) is 0 Å². The number of thioether (sulfide) groups is 1. The van der Waals surface area contributed by atoms with Gasteiger partial charge in [-0.3, -0.25) is 4.79 Å². The van der Waals surface area contributed by atoms with Crippen molar-refractivity contribution in [2.45, 2.75) is 35.4 Å². The molecule has 0 heterocycles. The monoisotopic (exact) mass is 328 g/mol. The molecule has 0 bridgehead atoms. The fourth-order valence-electron chi connectivity index (χ4n) is 1.56. The largest absolute Gasteiger partial charge is 0.353 e. The molecular weight excluding hydrogens is 312 g/mol. The second-order valence-corrected chi connectivity index (χ2v) is 7.18. The summed E-state index contributed by atoms with van der Waals surface area (Å²) in [4.78, 5) is 12.9. The van der Waals surface area contributed by atoms with Crippen LogP contribution in [-0.2, 0) is 4.79 Å². The first-order valence-corrected chi connectivity index (χ1v) is 7.66. The molecule has 5 heteroatoms. The Labute approximate surface area is 120 Å². The smallest absolute Gasteiger partial charge is 0.240 e. The minimum atomic E-state index is -0.567. The molecule has 1 unspecified atom stereocenters. The SMILES string of the molecule is CC(CNC(=O)C1(N)CC1)Sc1ccc(Br)cc1. The number of halogens is 1. The van der Waals surface area contributed by atoms with Crippen LogP contribution in [0, 0.1) is 0 Å². The zero-order chi connectivity index (χ0) is 13.2. The van der Waals surface area contributed by atoms with Gasteiger partial charge in [0.15, 0.2) is 0 Å². The lowest BCUT2D eigenvalue weighted by Gasteiger charge is -2.14. The highest BCUT2D eigenvalue weighted by molar-refractivity contribution is 9.10. The number of nitrogens with one attached hydrogen (secondary N) is 1. The van der Waals surface area contributed by atoms with E-state index in [4.69, 9.17) is 5.73 Å². The highest BCUT2D eigenvalue weighted by Crippen LogP contribution is 2.32. The van der Waals surface area contributed by atoms with Crippen molar-refractivity contribution in [2.24, 2.45) is 5.73 Å². The molecule has 98 valence electrons. The van der Waals surface area contributed by atoms with E-state index in [2.05, 4.69) is 40.3 Å². The van der Waals surface area contributed by atoms with Crippen LogP contribution < -0.4 is 11.1 Å². The van der Waals surface area contributed by atoms with Crippen molar-refractivity contribution in [1.29, 1.82) is 0 Å². The number of carbonyl (C=O) groups excluding carboxylic acids is 1. The van der Waals surface area contributed by atoms with Gasteiger partial charge in [-0.1, -0.05) is 22.9 Å². The molecule has 0 radical (unpaired) electrons. The van der Waals surface area contributed by atoms with Gasteiger partial charge in [-0.25, -0.2) is 0 Å². The minimum absolute atomic E-state index is 0.00856. The molecule has 18 heavy (non-hydrogen) atoms. The average molecular weight is 329 g/mol. The first-order chi connectivity index (χ1) is 8.49. The lowest BCUT2D eigenvalue weighted by atomic mass is 10.2. The highest BCUT2D eigenvalue weighted by Gasteiger charge is 2.45. The van der Waals surface area contributed by atoms with Crippen LogP contribution in [0.3, 0.4) is 0 Å². The van der Waals surface area contributed by atoms with Crippen molar-refractivity contribution in [1.82, 2.24) is 5.32 Å². The third kappa shape index (κ3) is 3.73. The Balaban J connectivity index is 1.76. The van der Waals surface area contributed by atoms with E-state index in [1.165, 1.54) is 4.90 Å². The van der Waals surface area contributed by atoms with E-state index in [1.54, 1.807) is 11.8 Å². The van der Waals surface area contributed by atoms with Gasteiger partial charge >= 0.3 is 0 Å². The van der Waals surface area contributed by atoms with Crippen molar-refractivity contribution in [3.05, 3.63) is 28.7 Å². The third-order valence-electron chi connectivity index (χ3n) is 2.94. The van der Waals surface area contributed by atoms with Gasteiger partial charge in [0, 0.05) is 21.2 Å².